The number of carbonyl (C=O) groups is 4. The van der Waals surface area contributed by atoms with E-state index < -0.39 is 29.8 Å². The molecule has 3 amide bonds. The molecule has 3 aromatic rings. The van der Waals surface area contributed by atoms with Gasteiger partial charge < -0.3 is 10.1 Å². The van der Waals surface area contributed by atoms with Crippen molar-refractivity contribution in [3.05, 3.63) is 101 Å². The molecule has 39 heavy (non-hydrogen) atoms. The zero-order valence-electron chi connectivity index (χ0n) is 21.6. The van der Waals surface area contributed by atoms with Crippen LogP contribution >= 0.6 is 11.8 Å². The molecule has 1 fully saturated rings. The first-order valence-electron chi connectivity index (χ1n) is 13.0. The van der Waals surface area contributed by atoms with Crippen molar-refractivity contribution in [2.24, 2.45) is 11.8 Å². The number of hydrogen-bond acceptors (Lipinski definition) is 6. The number of amides is 3. The number of ether oxygens (including phenoxy) is 1. The summed E-state index contributed by atoms with van der Waals surface area (Å²) in [6, 6.07) is 21.6. The van der Waals surface area contributed by atoms with Gasteiger partial charge in [-0.25, -0.2) is 4.79 Å². The number of methoxy groups -OCH3 is 1. The molecule has 1 heterocycles. The Morgan fingerprint density at radius 3 is 1.77 bits per heavy atom. The van der Waals surface area contributed by atoms with E-state index in [1.54, 1.807) is 36.0 Å². The van der Waals surface area contributed by atoms with Crippen LogP contribution in [0.1, 0.15) is 50.9 Å². The quantitative estimate of drug-likeness (QED) is 0.352. The van der Waals surface area contributed by atoms with Gasteiger partial charge >= 0.3 is 5.97 Å². The Labute approximate surface area is 230 Å². The summed E-state index contributed by atoms with van der Waals surface area (Å²) in [5.74, 6) is -2.33. The number of anilines is 1. The van der Waals surface area contributed by atoms with Crippen LogP contribution < -0.4 is 5.32 Å². The second kappa shape index (κ2) is 10.0. The Balaban J connectivity index is 1.34. The van der Waals surface area contributed by atoms with Gasteiger partial charge in [-0.3, -0.25) is 19.3 Å². The summed E-state index contributed by atoms with van der Waals surface area (Å²) in [6.45, 7) is 0. The van der Waals surface area contributed by atoms with Gasteiger partial charge in [0.2, 0.25) is 17.7 Å². The molecular formula is C31H28N2O5S. The number of rotatable bonds is 7. The average Bonchev–Trinajstić information content (AvgIpc) is 3.23. The third-order valence-corrected chi connectivity index (χ3v) is 8.91. The molecule has 0 radical (unpaired) electrons. The van der Waals surface area contributed by atoms with Gasteiger partial charge in [-0.15, -0.1) is 0 Å². The molecule has 3 aliphatic carbocycles. The Kier molecular flexibility index (Phi) is 6.51. The van der Waals surface area contributed by atoms with E-state index in [0.29, 0.717) is 23.4 Å². The number of esters is 1. The Bertz CT molecular complexity index is 1370. The van der Waals surface area contributed by atoms with Gasteiger partial charge in [0.05, 0.1) is 24.5 Å². The maximum Gasteiger partial charge on any atom is 0.337 e. The molecule has 2 bridgehead atoms. The number of carbonyl (C=O) groups excluding carboxylic acids is 4. The minimum absolute atomic E-state index is 0.219. The summed E-state index contributed by atoms with van der Waals surface area (Å²) in [6.07, 6.45) is 2.28. The molecule has 0 saturated carbocycles. The van der Waals surface area contributed by atoms with E-state index in [0.717, 1.165) is 22.3 Å². The zero-order chi connectivity index (χ0) is 27.3. The first-order valence-corrected chi connectivity index (χ1v) is 14.4. The molecule has 1 N–H and O–H groups in total. The van der Waals surface area contributed by atoms with Gasteiger partial charge in [0, 0.05) is 17.5 Å². The Hall–Kier alpha value is -3.91. The molecule has 1 saturated heterocycles. The SMILES string of the molecule is COC(=O)c1ccc(NC(=O)[C@H](CCSC)N2C(=O)[C@@H]3C4c5ccccc5C(c5ccccc54)[C@H]3C2=O)cc1. The van der Waals surface area contributed by atoms with Crippen LogP contribution in [-0.2, 0) is 19.1 Å². The standard InChI is InChI=1S/C31H28N2O5S/c1-38-31(37)17-11-13-18(14-12-17)32-28(34)23(15-16-39-2)33-29(35)26-24-19-7-3-4-8-20(19)25(27(26)30(33)36)22-10-6-5-9-21(22)24/h3-14,23-27H,15-16H2,1-2H3,(H,32,34)/t23-,24?,25?,26+,27+/m0/s1. The van der Waals surface area contributed by atoms with Crippen LogP contribution in [0.15, 0.2) is 72.8 Å². The highest BCUT2D eigenvalue weighted by molar-refractivity contribution is 7.98. The van der Waals surface area contributed by atoms with E-state index in [4.69, 9.17) is 4.74 Å². The van der Waals surface area contributed by atoms with Crippen molar-refractivity contribution in [3.8, 4) is 0 Å². The van der Waals surface area contributed by atoms with Crippen molar-refractivity contribution in [1.82, 2.24) is 4.90 Å². The van der Waals surface area contributed by atoms with Crippen LogP contribution in [0.25, 0.3) is 0 Å². The number of benzene rings is 3. The Morgan fingerprint density at radius 1 is 0.846 bits per heavy atom. The molecule has 4 aliphatic rings. The van der Waals surface area contributed by atoms with E-state index in [-0.39, 0.29) is 23.7 Å². The number of likely N-dealkylation sites (tertiary alicyclic amines) is 1. The molecule has 7 nitrogen and oxygen atoms in total. The van der Waals surface area contributed by atoms with Crippen LogP contribution in [0.3, 0.4) is 0 Å². The number of hydrogen-bond donors (Lipinski definition) is 1. The predicted molar refractivity (Wildman–Crippen MR) is 149 cm³/mol. The van der Waals surface area contributed by atoms with Gasteiger partial charge in [-0.05, 0) is 64.9 Å². The van der Waals surface area contributed by atoms with Crippen LogP contribution in [0.4, 0.5) is 5.69 Å². The van der Waals surface area contributed by atoms with Gasteiger partial charge in [-0.2, -0.15) is 11.8 Å². The minimum Gasteiger partial charge on any atom is -0.465 e. The predicted octanol–water partition coefficient (Wildman–Crippen LogP) is 4.43. The van der Waals surface area contributed by atoms with Gasteiger partial charge in [-0.1, -0.05) is 48.5 Å². The van der Waals surface area contributed by atoms with Crippen LogP contribution in [0.2, 0.25) is 0 Å². The molecule has 198 valence electrons. The lowest BCUT2D eigenvalue weighted by Gasteiger charge is -2.45. The highest BCUT2D eigenvalue weighted by Gasteiger charge is 2.62. The fraction of sp³-hybridized carbons (Fsp3) is 0.290. The largest absolute Gasteiger partial charge is 0.465 e. The van der Waals surface area contributed by atoms with E-state index in [9.17, 15) is 19.2 Å². The first kappa shape index (κ1) is 25.4. The highest BCUT2D eigenvalue weighted by Crippen LogP contribution is 2.61. The topological polar surface area (TPSA) is 92.8 Å². The van der Waals surface area contributed by atoms with Crippen LogP contribution in [0, 0.1) is 11.8 Å². The fourth-order valence-electron chi connectivity index (χ4n) is 6.65. The molecule has 0 unspecified atom stereocenters. The monoisotopic (exact) mass is 540 g/mol. The van der Waals surface area contributed by atoms with Crippen molar-refractivity contribution < 1.29 is 23.9 Å². The summed E-state index contributed by atoms with van der Waals surface area (Å²) >= 11 is 1.56. The second-order valence-corrected chi connectivity index (χ2v) is 11.2. The smallest absolute Gasteiger partial charge is 0.337 e. The molecule has 0 aromatic heterocycles. The lowest BCUT2D eigenvalue weighted by molar-refractivity contribution is -0.146. The molecule has 8 heteroatoms. The molecule has 0 spiro atoms. The average molecular weight is 541 g/mol. The number of imide groups is 1. The van der Waals surface area contributed by atoms with Crippen molar-refractivity contribution in [2.75, 3.05) is 24.4 Å². The highest BCUT2D eigenvalue weighted by atomic mass is 32.2. The van der Waals surface area contributed by atoms with Crippen LogP contribution in [-0.4, -0.2) is 53.8 Å². The van der Waals surface area contributed by atoms with Gasteiger partial charge in [0.1, 0.15) is 6.04 Å². The van der Waals surface area contributed by atoms with Crippen molar-refractivity contribution >= 4 is 41.1 Å². The molecule has 3 aromatic carbocycles. The maximum absolute atomic E-state index is 14.1. The van der Waals surface area contributed by atoms with E-state index >= 15 is 0 Å². The third kappa shape index (κ3) is 3.97. The third-order valence-electron chi connectivity index (χ3n) is 8.27. The van der Waals surface area contributed by atoms with Crippen molar-refractivity contribution in [2.45, 2.75) is 24.3 Å². The van der Waals surface area contributed by atoms with Crippen molar-refractivity contribution in [1.29, 1.82) is 0 Å². The van der Waals surface area contributed by atoms with Gasteiger partial charge in [0.25, 0.3) is 0 Å². The number of thioether (sulfide) groups is 1. The van der Waals surface area contributed by atoms with E-state index in [2.05, 4.69) is 29.6 Å². The summed E-state index contributed by atoms with van der Waals surface area (Å²) in [5.41, 5.74) is 5.22. The molecular weight excluding hydrogens is 512 g/mol. The van der Waals surface area contributed by atoms with E-state index in [1.165, 1.54) is 12.0 Å². The Morgan fingerprint density at radius 2 is 1.33 bits per heavy atom. The fourth-order valence-corrected chi connectivity index (χ4v) is 7.11. The summed E-state index contributed by atoms with van der Waals surface area (Å²) in [7, 11) is 1.30. The molecule has 7 rings (SSSR count). The number of nitrogens with one attached hydrogen (secondary N) is 1. The normalized spacial score (nSPS) is 23.1. The summed E-state index contributed by atoms with van der Waals surface area (Å²) in [4.78, 5) is 54.9. The van der Waals surface area contributed by atoms with Crippen molar-refractivity contribution in [3.63, 3.8) is 0 Å². The minimum atomic E-state index is -0.936. The van der Waals surface area contributed by atoms with Crippen LogP contribution in [0.5, 0.6) is 0 Å². The summed E-state index contributed by atoms with van der Waals surface area (Å²) < 4.78 is 4.74. The summed E-state index contributed by atoms with van der Waals surface area (Å²) in [5, 5.41) is 2.86. The molecule has 3 atom stereocenters. The van der Waals surface area contributed by atoms with Gasteiger partial charge in [0.15, 0.2) is 0 Å². The first-order chi connectivity index (χ1) is 19.0. The zero-order valence-corrected chi connectivity index (χ0v) is 22.4. The lowest BCUT2D eigenvalue weighted by Crippen LogP contribution is -2.48. The molecule has 1 aliphatic heterocycles. The lowest BCUT2D eigenvalue weighted by atomic mass is 9.55. The number of nitrogens with zero attached hydrogens (tertiary/aromatic N) is 1. The second-order valence-electron chi connectivity index (χ2n) is 10.2. The van der Waals surface area contributed by atoms with E-state index in [1.807, 2.05) is 30.5 Å². The maximum atomic E-state index is 14.1.